The van der Waals surface area contributed by atoms with Crippen molar-refractivity contribution in [2.75, 3.05) is 31.2 Å². The van der Waals surface area contributed by atoms with Gasteiger partial charge in [0, 0.05) is 18.7 Å². The molecule has 1 heterocycles. The lowest BCUT2D eigenvalue weighted by Crippen LogP contribution is -2.53. The fourth-order valence-corrected chi connectivity index (χ4v) is 3.08. The summed E-state index contributed by atoms with van der Waals surface area (Å²) in [6.45, 7) is 2.03. The first kappa shape index (κ1) is 12.3. The molecule has 0 aromatic heterocycles. The van der Waals surface area contributed by atoms with Gasteiger partial charge in [0.05, 0.1) is 0 Å². The zero-order chi connectivity index (χ0) is 10.3. The van der Waals surface area contributed by atoms with Crippen LogP contribution >= 0.6 is 11.8 Å². The lowest BCUT2D eigenvalue weighted by molar-refractivity contribution is 0.269. The minimum atomic E-state index is 0.195. The highest BCUT2D eigenvalue weighted by molar-refractivity contribution is 7.99. The van der Waals surface area contributed by atoms with Gasteiger partial charge < -0.3 is 16.2 Å². The minimum Gasteiger partial charge on any atom is -0.396 e. The van der Waals surface area contributed by atoms with Crippen LogP contribution in [0.25, 0.3) is 0 Å². The second-order valence-corrected chi connectivity index (χ2v) is 5.18. The van der Waals surface area contributed by atoms with Crippen molar-refractivity contribution in [3.63, 3.8) is 0 Å². The molecule has 0 unspecified atom stereocenters. The van der Waals surface area contributed by atoms with E-state index in [4.69, 9.17) is 10.8 Å². The van der Waals surface area contributed by atoms with E-state index in [1.165, 1.54) is 24.3 Å². The maximum atomic E-state index is 8.67. The average molecular weight is 218 g/mol. The molecule has 1 aliphatic rings. The topological polar surface area (TPSA) is 58.3 Å². The van der Waals surface area contributed by atoms with Gasteiger partial charge in [0.15, 0.2) is 0 Å². The van der Waals surface area contributed by atoms with Crippen LogP contribution in [-0.4, -0.2) is 41.8 Å². The van der Waals surface area contributed by atoms with E-state index in [1.54, 1.807) is 0 Å². The molecule has 0 bridgehead atoms. The normalized spacial score (nSPS) is 21.0. The molecule has 0 amide bonds. The molecule has 0 radical (unpaired) electrons. The maximum Gasteiger partial charge on any atom is 0.0431 e. The van der Waals surface area contributed by atoms with E-state index in [9.17, 15) is 0 Å². The predicted molar refractivity (Wildman–Crippen MR) is 62.7 cm³/mol. The zero-order valence-corrected chi connectivity index (χ0v) is 9.61. The van der Waals surface area contributed by atoms with Crippen LogP contribution in [0.5, 0.6) is 0 Å². The van der Waals surface area contributed by atoms with Crippen LogP contribution in [0.3, 0.4) is 0 Å². The summed E-state index contributed by atoms with van der Waals surface area (Å²) in [5.74, 6) is 2.45. The molecule has 0 aliphatic carbocycles. The molecule has 4 heteroatoms. The standard InChI is InChI=1S/C10H22N2OS/c11-9-10(3-7-14-8-4-10)12-5-1-2-6-13/h12-13H,1-9,11H2. The molecular weight excluding hydrogens is 196 g/mol. The molecule has 0 atom stereocenters. The molecule has 0 spiro atoms. The van der Waals surface area contributed by atoms with Gasteiger partial charge in [0.1, 0.15) is 0 Å². The van der Waals surface area contributed by atoms with Crippen molar-refractivity contribution in [3.8, 4) is 0 Å². The Morgan fingerprint density at radius 3 is 2.57 bits per heavy atom. The van der Waals surface area contributed by atoms with Crippen LogP contribution in [-0.2, 0) is 0 Å². The molecular formula is C10H22N2OS. The number of hydrogen-bond acceptors (Lipinski definition) is 4. The Morgan fingerprint density at radius 2 is 2.00 bits per heavy atom. The summed E-state index contributed by atoms with van der Waals surface area (Å²) in [5.41, 5.74) is 6.03. The summed E-state index contributed by atoms with van der Waals surface area (Å²) in [5, 5.41) is 12.2. The molecule has 84 valence electrons. The van der Waals surface area contributed by atoms with Gasteiger partial charge in [0.25, 0.3) is 0 Å². The van der Waals surface area contributed by atoms with E-state index in [-0.39, 0.29) is 5.54 Å². The Morgan fingerprint density at radius 1 is 1.29 bits per heavy atom. The average Bonchev–Trinajstić information content (AvgIpc) is 2.26. The van der Waals surface area contributed by atoms with Gasteiger partial charge in [0.2, 0.25) is 0 Å². The van der Waals surface area contributed by atoms with Crippen molar-refractivity contribution in [3.05, 3.63) is 0 Å². The fraction of sp³-hybridized carbons (Fsp3) is 1.00. The molecule has 1 fully saturated rings. The van der Waals surface area contributed by atoms with Crippen molar-refractivity contribution in [2.45, 2.75) is 31.2 Å². The molecule has 0 aromatic carbocycles. The Labute approximate surface area is 90.8 Å². The molecule has 4 N–H and O–H groups in total. The van der Waals surface area contributed by atoms with E-state index in [1.807, 2.05) is 11.8 Å². The second kappa shape index (κ2) is 6.67. The van der Waals surface area contributed by atoms with Crippen LogP contribution in [0, 0.1) is 0 Å². The largest absolute Gasteiger partial charge is 0.396 e. The highest BCUT2D eigenvalue weighted by atomic mass is 32.2. The maximum absolute atomic E-state index is 8.67. The first-order chi connectivity index (χ1) is 6.83. The van der Waals surface area contributed by atoms with E-state index in [2.05, 4.69) is 5.32 Å². The Bertz CT molecular complexity index is 149. The van der Waals surface area contributed by atoms with E-state index in [0.717, 1.165) is 25.9 Å². The molecule has 1 rings (SSSR count). The number of thioether (sulfide) groups is 1. The third-order valence-electron chi connectivity index (χ3n) is 2.93. The summed E-state index contributed by atoms with van der Waals surface area (Å²) in [6.07, 6.45) is 4.31. The SMILES string of the molecule is NCC1(NCCCCO)CCSCC1. The van der Waals surface area contributed by atoms with Crippen molar-refractivity contribution in [2.24, 2.45) is 5.73 Å². The number of unbranched alkanes of at least 4 members (excludes halogenated alkanes) is 1. The van der Waals surface area contributed by atoms with Gasteiger partial charge in [-0.1, -0.05) is 0 Å². The first-order valence-corrected chi connectivity index (χ1v) is 6.62. The second-order valence-electron chi connectivity index (χ2n) is 3.95. The van der Waals surface area contributed by atoms with Crippen molar-refractivity contribution in [1.82, 2.24) is 5.32 Å². The number of nitrogens with two attached hydrogens (primary N) is 1. The first-order valence-electron chi connectivity index (χ1n) is 5.47. The molecule has 1 aliphatic heterocycles. The summed E-state index contributed by atoms with van der Waals surface area (Å²) in [4.78, 5) is 0. The summed E-state index contributed by atoms with van der Waals surface area (Å²) < 4.78 is 0. The zero-order valence-electron chi connectivity index (χ0n) is 8.80. The van der Waals surface area contributed by atoms with E-state index >= 15 is 0 Å². The quantitative estimate of drug-likeness (QED) is 0.571. The lowest BCUT2D eigenvalue weighted by Gasteiger charge is -2.37. The number of aliphatic hydroxyl groups is 1. The Kier molecular flexibility index (Phi) is 5.86. The number of aliphatic hydroxyl groups excluding tert-OH is 1. The molecule has 3 nitrogen and oxygen atoms in total. The number of rotatable bonds is 6. The van der Waals surface area contributed by atoms with Crippen LogP contribution in [0.4, 0.5) is 0 Å². The van der Waals surface area contributed by atoms with Crippen LogP contribution in [0.2, 0.25) is 0 Å². The molecule has 1 saturated heterocycles. The summed E-state index contributed by atoms with van der Waals surface area (Å²) >= 11 is 2.02. The highest BCUT2D eigenvalue weighted by Crippen LogP contribution is 2.25. The van der Waals surface area contributed by atoms with Gasteiger partial charge in [-0.25, -0.2) is 0 Å². The van der Waals surface area contributed by atoms with Gasteiger partial charge in [-0.15, -0.1) is 0 Å². The van der Waals surface area contributed by atoms with Crippen molar-refractivity contribution < 1.29 is 5.11 Å². The van der Waals surface area contributed by atoms with Gasteiger partial charge >= 0.3 is 0 Å². The third kappa shape index (κ3) is 3.77. The van der Waals surface area contributed by atoms with Crippen molar-refractivity contribution in [1.29, 1.82) is 0 Å². The van der Waals surface area contributed by atoms with E-state index in [0.29, 0.717) is 6.61 Å². The summed E-state index contributed by atoms with van der Waals surface area (Å²) in [7, 11) is 0. The van der Waals surface area contributed by atoms with Crippen LogP contribution < -0.4 is 11.1 Å². The third-order valence-corrected chi connectivity index (χ3v) is 3.91. The van der Waals surface area contributed by atoms with Crippen molar-refractivity contribution >= 4 is 11.8 Å². The summed E-state index contributed by atoms with van der Waals surface area (Å²) in [6, 6.07) is 0. The molecule has 0 saturated carbocycles. The van der Waals surface area contributed by atoms with Gasteiger partial charge in [-0.05, 0) is 43.7 Å². The van der Waals surface area contributed by atoms with Crippen LogP contribution in [0.15, 0.2) is 0 Å². The Balaban J connectivity index is 2.22. The smallest absolute Gasteiger partial charge is 0.0431 e. The van der Waals surface area contributed by atoms with E-state index < -0.39 is 0 Å². The predicted octanol–water partition coefficient (Wildman–Crippen LogP) is 0.573. The minimum absolute atomic E-state index is 0.195. The fourth-order valence-electron chi connectivity index (χ4n) is 1.81. The lowest BCUT2D eigenvalue weighted by atomic mass is 9.92. The monoisotopic (exact) mass is 218 g/mol. The highest BCUT2D eigenvalue weighted by Gasteiger charge is 2.29. The Hall–Kier alpha value is 0.230. The molecule has 14 heavy (non-hydrogen) atoms. The van der Waals surface area contributed by atoms with Gasteiger partial charge in [-0.3, -0.25) is 0 Å². The molecule has 0 aromatic rings. The van der Waals surface area contributed by atoms with Gasteiger partial charge in [-0.2, -0.15) is 11.8 Å². The van der Waals surface area contributed by atoms with Crippen LogP contribution in [0.1, 0.15) is 25.7 Å². The number of nitrogens with one attached hydrogen (secondary N) is 1. The number of hydrogen-bond donors (Lipinski definition) is 3.